The molecule has 4 nitrogen and oxygen atoms in total. The lowest BCUT2D eigenvalue weighted by Crippen LogP contribution is -2.02. The van der Waals surface area contributed by atoms with Crippen LogP contribution in [-0.4, -0.2) is 15.0 Å². The summed E-state index contributed by atoms with van der Waals surface area (Å²) < 4.78 is 0. The van der Waals surface area contributed by atoms with Crippen LogP contribution in [-0.2, 0) is 6.54 Å². The van der Waals surface area contributed by atoms with Gasteiger partial charge in [-0.3, -0.25) is 0 Å². The Morgan fingerprint density at radius 3 is 2.93 bits per heavy atom. The Balaban J connectivity index is 1.95. The van der Waals surface area contributed by atoms with Crippen molar-refractivity contribution in [3.05, 3.63) is 41.6 Å². The second-order valence-electron chi connectivity index (χ2n) is 2.75. The average Bonchev–Trinajstić information content (AvgIpc) is 2.70. The standard InChI is InChI=1S/C9H9ClN4/c10-7-1-2-8(13-5-7)14-6-9-11-3-4-12-9/h1-5H,6H2,(H,11,12)(H,13,14). The summed E-state index contributed by atoms with van der Waals surface area (Å²) in [6.45, 7) is 0.627. The molecular weight excluding hydrogens is 200 g/mol. The van der Waals surface area contributed by atoms with E-state index in [0.717, 1.165) is 11.6 Å². The number of hydrogen-bond acceptors (Lipinski definition) is 3. The molecule has 0 fully saturated rings. The zero-order chi connectivity index (χ0) is 9.80. The third-order valence-electron chi connectivity index (χ3n) is 1.72. The molecule has 5 heteroatoms. The number of rotatable bonds is 3. The van der Waals surface area contributed by atoms with E-state index in [2.05, 4.69) is 20.3 Å². The number of aromatic nitrogens is 3. The molecule has 0 unspecified atom stereocenters. The molecule has 2 rings (SSSR count). The van der Waals surface area contributed by atoms with Crippen LogP contribution in [0.15, 0.2) is 30.7 Å². The molecule has 0 spiro atoms. The third kappa shape index (κ3) is 2.23. The molecule has 2 aromatic heterocycles. The quantitative estimate of drug-likeness (QED) is 0.812. The molecule has 2 heterocycles. The van der Waals surface area contributed by atoms with Crippen molar-refractivity contribution in [2.45, 2.75) is 6.54 Å². The summed E-state index contributed by atoms with van der Waals surface area (Å²) in [6, 6.07) is 3.62. The van der Waals surface area contributed by atoms with Gasteiger partial charge in [0.15, 0.2) is 0 Å². The zero-order valence-electron chi connectivity index (χ0n) is 7.37. The van der Waals surface area contributed by atoms with Crippen molar-refractivity contribution in [1.29, 1.82) is 0 Å². The molecule has 0 saturated heterocycles. The molecule has 0 atom stereocenters. The maximum Gasteiger partial charge on any atom is 0.126 e. The smallest absolute Gasteiger partial charge is 0.126 e. The number of nitrogens with zero attached hydrogens (tertiary/aromatic N) is 2. The van der Waals surface area contributed by atoms with E-state index in [0.29, 0.717) is 11.6 Å². The molecule has 0 bridgehead atoms. The summed E-state index contributed by atoms with van der Waals surface area (Å²) >= 11 is 5.70. The van der Waals surface area contributed by atoms with Crippen LogP contribution < -0.4 is 5.32 Å². The van der Waals surface area contributed by atoms with Crippen molar-refractivity contribution in [2.75, 3.05) is 5.32 Å². The first-order valence-corrected chi connectivity index (χ1v) is 4.56. The molecule has 0 aliphatic carbocycles. The Morgan fingerprint density at radius 2 is 2.29 bits per heavy atom. The fourth-order valence-corrected chi connectivity index (χ4v) is 1.16. The molecule has 2 aromatic rings. The van der Waals surface area contributed by atoms with Gasteiger partial charge in [-0.1, -0.05) is 11.6 Å². The molecule has 14 heavy (non-hydrogen) atoms. The van der Waals surface area contributed by atoms with E-state index < -0.39 is 0 Å². The van der Waals surface area contributed by atoms with Crippen LogP contribution in [0.1, 0.15) is 5.82 Å². The maximum absolute atomic E-state index is 5.70. The Kier molecular flexibility index (Phi) is 2.65. The van der Waals surface area contributed by atoms with Gasteiger partial charge in [-0.2, -0.15) is 0 Å². The van der Waals surface area contributed by atoms with Crippen molar-refractivity contribution < 1.29 is 0 Å². The molecule has 0 aliphatic heterocycles. The summed E-state index contributed by atoms with van der Waals surface area (Å²) in [7, 11) is 0. The Labute approximate surface area is 86.4 Å². The number of pyridine rings is 1. The van der Waals surface area contributed by atoms with E-state index in [4.69, 9.17) is 11.6 Å². The van der Waals surface area contributed by atoms with Gasteiger partial charge in [0.05, 0.1) is 11.6 Å². The fraction of sp³-hybridized carbons (Fsp3) is 0.111. The van der Waals surface area contributed by atoms with E-state index in [1.54, 1.807) is 24.7 Å². The number of hydrogen-bond donors (Lipinski definition) is 2. The number of halogens is 1. The molecule has 0 amide bonds. The molecule has 0 aliphatic rings. The Morgan fingerprint density at radius 1 is 1.36 bits per heavy atom. The first kappa shape index (κ1) is 9.02. The van der Waals surface area contributed by atoms with Gasteiger partial charge in [-0.15, -0.1) is 0 Å². The van der Waals surface area contributed by atoms with Gasteiger partial charge in [0.1, 0.15) is 11.6 Å². The summed E-state index contributed by atoms with van der Waals surface area (Å²) in [6.07, 6.45) is 5.10. The van der Waals surface area contributed by atoms with Crippen LogP contribution in [0.2, 0.25) is 5.02 Å². The van der Waals surface area contributed by atoms with Crippen LogP contribution in [0, 0.1) is 0 Å². The minimum Gasteiger partial charge on any atom is -0.363 e. The van der Waals surface area contributed by atoms with Crippen LogP contribution in [0.3, 0.4) is 0 Å². The normalized spacial score (nSPS) is 10.1. The summed E-state index contributed by atoms with van der Waals surface area (Å²) in [5, 5.41) is 3.74. The summed E-state index contributed by atoms with van der Waals surface area (Å²) in [5.41, 5.74) is 0. The number of nitrogens with one attached hydrogen (secondary N) is 2. The lowest BCUT2D eigenvalue weighted by Gasteiger charge is -2.02. The van der Waals surface area contributed by atoms with E-state index in [1.807, 2.05) is 6.07 Å². The maximum atomic E-state index is 5.70. The predicted octanol–water partition coefficient (Wildman–Crippen LogP) is 2.07. The highest BCUT2D eigenvalue weighted by Gasteiger charge is 1.95. The largest absolute Gasteiger partial charge is 0.363 e. The lowest BCUT2D eigenvalue weighted by atomic mass is 10.4. The van der Waals surface area contributed by atoms with Crippen molar-refractivity contribution >= 4 is 17.4 Å². The molecule has 0 radical (unpaired) electrons. The van der Waals surface area contributed by atoms with Gasteiger partial charge in [0, 0.05) is 18.6 Å². The van der Waals surface area contributed by atoms with Crippen molar-refractivity contribution in [1.82, 2.24) is 15.0 Å². The Hall–Kier alpha value is -1.55. The van der Waals surface area contributed by atoms with E-state index >= 15 is 0 Å². The van der Waals surface area contributed by atoms with Crippen LogP contribution in [0.4, 0.5) is 5.82 Å². The first-order chi connectivity index (χ1) is 6.84. The van der Waals surface area contributed by atoms with E-state index in [9.17, 15) is 0 Å². The van der Waals surface area contributed by atoms with Gasteiger partial charge < -0.3 is 10.3 Å². The molecule has 0 aromatic carbocycles. The highest BCUT2D eigenvalue weighted by molar-refractivity contribution is 6.30. The lowest BCUT2D eigenvalue weighted by molar-refractivity contribution is 0.988. The van der Waals surface area contributed by atoms with Crippen molar-refractivity contribution in [3.63, 3.8) is 0 Å². The van der Waals surface area contributed by atoms with Crippen LogP contribution in [0.5, 0.6) is 0 Å². The highest BCUT2D eigenvalue weighted by Crippen LogP contribution is 2.09. The van der Waals surface area contributed by atoms with Gasteiger partial charge in [0.2, 0.25) is 0 Å². The zero-order valence-corrected chi connectivity index (χ0v) is 8.12. The third-order valence-corrected chi connectivity index (χ3v) is 1.94. The summed E-state index contributed by atoms with van der Waals surface area (Å²) in [4.78, 5) is 11.2. The van der Waals surface area contributed by atoms with Crippen LogP contribution in [0.25, 0.3) is 0 Å². The minimum absolute atomic E-state index is 0.627. The summed E-state index contributed by atoms with van der Waals surface area (Å²) in [5.74, 6) is 1.66. The topological polar surface area (TPSA) is 53.6 Å². The molecule has 0 saturated carbocycles. The van der Waals surface area contributed by atoms with Gasteiger partial charge in [-0.05, 0) is 12.1 Å². The first-order valence-electron chi connectivity index (χ1n) is 4.18. The molecular formula is C9H9ClN4. The SMILES string of the molecule is Clc1ccc(NCc2ncc[nH]2)nc1. The fourth-order valence-electron chi connectivity index (χ4n) is 1.05. The minimum atomic E-state index is 0.627. The molecule has 72 valence electrons. The Bertz CT molecular complexity index is 382. The number of anilines is 1. The highest BCUT2D eigenvalue weighted by atomic mass is 35.5. The number of H-pyrrole nitrogens is 1. The number of aromatic amines is 1. The van der Waals surface area contributed by atoms with E-state index in [-0.39, 0.29) is 0 Å². The number of imidazole rings is 1. The second-order valence-corrected chi connectivity index (χ2v) is 3.19. The van der Waals surface area contributed by atoms with Gasteiger partial charge in [0.25, 0.3) is 0 Å². The van der Waals surface area contributed by atoms with Crippen molar-refractivity contribution in [3.8, 4) is 0 Å². The predicted molar refractivity (Wildman–Crippen MR) is 55.2 cm³/mol. The van der Waals surface area contributed by atoms with E-state index in [1.165, 1.54) is 0 Å². The average molecular weight is 209 g/mol. The van der Waals surface area contributed by atoms with Gasteiger partial charge in [-0.25, -0.2) is 9.97 Å². The van der Waals surface area contributed by atoms with Crippen LogP contribution >= 0.6 is 11.6 Å². The second kappa shape index (κ2) is 4.11. The monoisotopic (exact) mass is 208 g/mol. The molecule has 2 N–H and O–H groups in total. The van der Waals surface area contributed by atoms with Crippen molar-refractivity contribution in [2.24, 2.45) is 0 Å². The van der Waals surface area contributed by atoms with Gasteiger partial charge >= 0.3 is 0 Å².